The second kappa shape index (κ2) is 8.60. The molecule has 0 radical (unpaired) electrons. The quantitative estimate of drug-likeness (QED) is 0.889. The van der Waals surface area contributed by atoms with E-state index in [0.29, 0.717) is 5.56 Å². The van der Waals surface area contributed by atoms with Gasteiger partial charge in [-0.15, -0.1) is 0 Å². The number of morpholine rings is 1. The fraction of sp³-hybridized carbons (Fsp3) is 0.350. The molecule has 1 N–H and O–H groups in total. The summed E-state index contributed by atoms with van der Waals surface area (Å²) in [7, 11) is 0. The molecular weight excluding hydrogens is 298 g/mol. The molecule has 0 unspecified atom stereocenters. The van der Waals surface area contributed by atoms with Crippen LogP contribution in [0.3, 0.4) is 0 Å². The third-order valence-electron chi connectivity index (χ3n) is 4.25. The highest BCUT2D eigenvalue weighted by Gasteiger charge is 2.10. The molecule has 24 heavy (non-hydrogen) atoms. The van der Waals surface area contributed by atoms with Gasteiger partial charge in [0.2, 0.25) is 0 Å². The molecule has 0 saturated carbocycles. The second-order valence-electron chi connectivity index (χ2n) is 6.12. The molecule has 2 aromatic rings. The molecule has 2 aromatic carbocycles. The van der Waals surface area contributed by atoms with Gasteiger partial charge in [-0.25, -0.2) is 0 Å². The average molecular weight is 321 g/mol. The Morgan fingerprint density at radius 1 is 0.958 bits per heavy atom. The van der Waals surface area contributed by atoms with Gasteiger partial charge in [-0.05, 0) is 28.8 Å². The lowest BCUT2D eigenvalue weighted by atomic mass is 10.1. The van der Waals surface area contributed by atoms with Crippen LogP contribution >= 0.6 is 0 Å². The summed E-state index contributed by atoms with van der Waals surface area (Å²) in [5, 5.41) is 12.4. The highest BCUT2D eigenvalue weighted by Crippen LogP contribution is 2.10. The van der Waals surface area contributed by atoms with Crippen LogP contribution in [0.4, 0.5) is 0 Å². The summed E-state index contributed by atoms with van der Waals surface area (Å²) in [6, 6.07) is 18.7. The highest BCUT2D eigenvalue weighted by atomic mass is 16.5. The van der Waals surface area contributed by atoms with Crippen molar-refractivity contribution in [3.8, 4) is 6.07 Å². The Kier molecular flexibility index (Phi) is 5.97. The van der Waals surface area contributed by atoms with Crippen molar-refractivity contribution in [1.29, 1.82) is 5.26 Å². The molecule has 1 aliphatic rings. The number of rotatable bonds is 6. The molecular formula is C20H23N3O. The van der Waals surface area contributed by atoms with Gasteiger partial charge in [0, 0.05) is 32.7 Å². The molecule has 1 aliphatic heterocycles. The number of hydrogen-bond donors (Lipinski definition) is 1. The van der Waals surface area contributed by atoms with E-state index in [1.165, 1.54) is 11.1 Å². The zero-order chi connectivity index (χ0) is 16.6. The Labute approximate surface area is 143 Å². The number of hydrogen-bond acceptors (Lipinski definition) is 4. The summed E-state index contributed by atoms with van der Waals surface area (Å²) in [4.78, 5) is 2.43. The molecule has 0 spiro atoms. The van der Waals surface area contributed by atoms with E-state index in [4.69, 9.17) is 10.00 Å². The van der Waals surface area contributed by atoms with Crippen molar-refractivity contribution < 1.29 is 4.74 Å². The van der Waals surface area contributed by atoms with E-state index < -0.39 is 0 Å². The number of nitrogens with one attached hydrogen (secondary N) is 1. The normalized spacial score (nSPS) is 15.1. The Morgan fingerprint density at radius 2 is 1.67 bits per heavy atom. The maximum atomic E-state index is 8.93. The lowest BCUT2D eigenvalue weighted by Gasteiger charge is -2.26. The first-order valence-electron chi connectivity index (χ1n) is 8.41. The molecule has 0 aliphatic carbocycles. The van der Waals surface area contributed by atoms with Crippen molar-refractivity contribution in [1.82, 2.24) is 10.2 Å². The fourth-order valence-electron chi connectivity index (χ4n) is 2.88. The predicted molar refractivity (Wildman–Crippen MR) is 94.2 cm³/mol. The van der Waals surface area contributed by atoms with Crippen LogP contribution in [0.2, 0.25) is 0 Å². The van der Waals surface area contributed by atoms with Gasteiger partial charge in [-0.3, -0.25) is 4.90 Å². The van der Waals surface area contributed by atoms with Crippen molar-refractivity contribution in [3.63, 3.8) is 0 Å². The Bertz CT molecular complexity index is 685. The van der Waals surface area contributed by atoms with Crippen LogP contribution in [0.1, 0.15) is 22.3 Å². The molecule has 1 heterocycles. The minimum atomic E-state index is 0.710. The predicted octanol–water partition coefficient (Wildman–Crippen LogP) is 2.68. The lowest BCUT2D eigenvalue weighted by molar-refractivity contribution is 0.0342. The van der Waals surface area contributed by atoms with Crippen molar-refractivity contribution in [2.24, 2.45) is 0 Å². The largest absolute Gasteiger partial charge is 0.379 e. The fourth-order valence-corrected chi connectivity index (χ4v) is 2.88. The molecule has 0 amide bonds. The molecule has 1 fully saturated rings. The zero-order valence-electron chi connectivity index (χ0n) is 13.9. The maximum absolute atomic E-state index is 8.93. The van der Waals surface area contributed by atoms with E-state index in [9.17, 15) is 0 Å². The summed E-state index contributed by atoms with van der Waals surface area (Å²) in [6.45, 7) is 6.32. The smallest absolute Gasteiger partial charge is 0.0991 e. The van der Waals surface area contributed by atoms with Gasteiger partial charge in [-0.2, -0.15) is 5.26 Å². The number of benzene rings is 2. The number of nitriles is 1. The molecule has 4 nitrogen and oxygen atoms in total. The topological polar surface area (TPSA) is 48.3 Å². The van der Waals surface area contributed by atoms with Crippen molar-refractivity contribution >= 4 is 0 Å². The van der Waals surface area contributed by atoms with Crippen LogP contribution in [-0.2, 0) is 24.4 Å². The SMILES string of the molecule is N#Cc1cccc(CNCc2ccc(CN3CCOCC3)cc2)c1. The van der Waals surface area contributed by atoms with E-state index in [0.717, 1.165) is 51.5 Å². The van der Waals surface area contributed by atoms with Crippen molar-refractivity contribution in [3.05, 3.63) is 70.8 Å². The monoisotopic (exact) mass is 321 g/mol. The summed E-state index contributed by atoms with van der Waals surface area (Å²) in [5.74, 6) is 0. The first-order chi connectivity index (χ1) is 11.8. The summed E-state index contributed by atoms with van der Waals surface area (Å²) in [6.07, 6.45) is 0. The third kappa shape index (κ3) is 4.90. The third-order valence-corrected chi connectivity index (χ3v) is 4.25. The van der Waals surface area contributed by atoms with E-state index in [2.05, 4.69) is 40.6 Å². The molecule has 124 valence electrons. The molecule has 4 heteroatoms. The van der Waals surface area contributed by atoms with E-state index in [1.807, 2.05) is 24.3 Å². The molecule has 3 rings (SSSR count). The van der Waals surface area contributed by atoms with Gasteiger partial charge in [-0.1, -0.05) is 36.4 Å². The van der Waals surface area contributed by atoms with E-state index in [-0.39, 0.29) is 0 Å². The lowest BCUT2D eigenvalue weighted by Crippen LogP contribution is -2.35. The molecule has 0 bridgehead atoms. The average Bonchev–Trinajstić information content (AvgIpc) is 2.64. The summed E-state index contributed by atoms with van der Waals surface area (Å²) in [5.41, 5.74) is 4.47. The summed E-state index contributed by atoms with van der Waals surface area (Å²) >= 11 is 0. The van der Waals surface area contributed by atoms with Crippen LogP contribution in [0.5, 0.6) is 0 Å². The van der Waals surface area contributed by atoms with E-state index in [1.54, 1.807) is 0 Å². The Morgan fingerprint density at radius 3 is 2.42 bits per heavy atom. The maximum Gasteiger partial charge on any atom is 0.0991 e. The van der Waals surface area contributed by atoms with Crippen LogP contribution in [-0.4, -0.2) is 31.2 Å². The van der Waals surface area contributed by atoms with Crippen molar-refractivity contribution in [2.75, 3.05) is 26.3 Å². The van der Waals surface area contributed by atoms with Crippen LogP contribution < -0.4 is 5.32 Å². The Hall–Kier alpha value is -2.19. The van der Waals surface area contributed by atoms with Gasteiger partial charge in [0.05, 0.1) is 24.8 Å². The minimum absolute atomic E-state index is 0.710. The zero-order valence-corrected chi connectivity index (χ0v) is 13.9. The second-order valence-corrected chi connectivity index (χ2v) is 6.12. The number of ether oxygens (including phenoxy) is 1. The van der Waals surface area contributed by atoms with Gasteiger partial charge in [0.1, 0.15) is 0 Å². The van der Waals surface area contributed by atoms with Crippen molar-refractivity contribution in [2.45, 2.75) is 19.6 Å². The molecule has 0 atom stereocenters. The van der Waals surface area contributed by atoms with E-state index >= 15 is 0 Å². The van der Waals surface area contributed by atoms with Gasteiger partial charge >= 0.3 is 0 Å². The Balaban J connectivity index is 1.46. The first-order valence-corrected chi connectivity index (χ1v) is 8.41. The van der Waals surface area contributed by atoms with Crippen LogP contribution in [0.25, 0.3) is 0 Å². The minimum Gasteiger partial charge on any atom is -0.379 e. The number of nitrogens with zero attached hydrogens (tertiary/aromatic N) is 2. The van der Waals surface area contributed by atoms with Gasteiger partial charge in [0.15, 0.2) is 0 Å². The van der Waals surface area contributed by atoms with Gasteiger partial charge < -0.3 is 10.1 Å². The standard InChI is InChI=1S/C20H23N3O/c21-13-19-2-1-3-20(12-19)15-22-14-17-4-6-18(7-5-17)16-23-8-10-24-11-9-23/h1-7,12,22H,8-11,14-16H2. The van der Waals surface area contributed by atoms with Crippen LogP contribution in [0, 0.1) is 11.3 Å². The first kappa shape index (κ1) is 16.7. The van der Waals surface area contributed by atoms with Crippen LogP contribution in [0.15, 0.2) is 48.5 Å². The molecule has 1 saturated heterocycles. The highest BCUT2D eigenvalue weighted by molar-refractivity contribution is 5.32. The van der Waals surface area contributed by atoms with Gasteiger partial charge in [0.25, 0.3) is 0 Å². The molecule has 0 aromatic heterocycles. The summed E-state index contributed by atoms with van der Waals surface area (Å²) < 4.78 is 5.38.